The molecular weight excluding hydrogens is 192 g/mol. The van der Waals surface area contributed by atoms with E-state index < -0.39 is 0 Å². The number of hydrogen-bond donors (Lipinski definition) is 2. The summed E-state index contributed by atoms with van der Waals surface area (Å²) >= 11 is 0. The normalized spacial score (nSPS) is 12.3. The van der Waals surface area contributed by atoms with Gasteiger partial charge in [0.2, 0.25) is 5.91 Å². The third-order valence-electron chi connectivity index (χ3n) is 2.10. The highest BCUT2D eigenvalue weighted by Crippen LogP contribution is 2.02. The van der Waals surface area contributed by atoms with Gasteiger partial charge in [-0.05, 0) is 12.0 Å². The fourth-order valence-corrected chi connectivity index (χ4v) is 1.31. The summed E-state index contributed by atoms with van der Waals surface area (Å²) < 4.78 is 4.84. The average molecular weight is 208 g/mol. The van der Waals surface area contributed by atoms with Crippen LogP contribution in [-0.2, 0) is 16.0 Å². The highest BCUT2D eigenvalue weighted by molar-refractivity contribution is 5.80. The van der Waals surface area contributed by atoms with Crippen molar-refractivity contribution in [3.05, 3.63) is 35.9 Å². The Balaban J connectivity index is 2.55. The Bertz CT molecular complexity index is 301. The lowest BCUT2D eigenvalue weighted by molar-refractivity contribution is -0.120. The summed E-state index contributed by atoms with van der Waals surface area (Å²) in [5.74, 6) is -0.365. The van der Waals surface area contributed by atoms with E-state index in [0.717, 1.165) is 5.56 Å². The SMILES string of the molecule is COCN[C@@H](Cc1ccccc1)C(N)=O. The van der Waals surface area contributed by atoms with Gasteiger partial charge in [-0.15, -0.1) is 0 Å². The quantitative estimate of drug-likeness (QED) is 0.660. The summed E-state index contributed by atoms with van der Waals surface area (Å²) in [5.41, 5.74) is 6.34. The van der Waals surface area contributed by atoms with Gasteiger partial charge in [0, 0.05) is 7.11 Å². The van der Waals surface area contributed by atoms with Crippen LogP contribution in [0.4, 0.5) is 0 Å². The number of benzene rings is 1. The van der Waals surface area contributed by atoms with Gasteiger partial charge in [0.25, 0.3) is 0 Å². The standard InChI is InChI=1S/C11H16N2O2/c1-15-8-13-10(11(12)14)7-9-5-3-2-4-6-9/h2-6,10,13H,7-8H2,1H3,(H2,12,14)/t10-/m0/s1. The van der Waals surface area contributed by atoms with Crippen molar-refractivity contribution in [1.82, 2.24) is 5.32 Å². The lowest BCUT2D eigenvalue weighted by Gasteiger charge is -2.14. The number of nitrogens with two attached hydrogens (primary N) is 1. The Labute approximate surface area is 89.4 Å². The molecule has 82 valence electrons. The molecular formula is C11H16N2O2. The maximum absolute atomic E-state index is 11.1. The topological polar surface area (TPSA) is 64.3 Å². The minimum Gasteiger partial charge on any atom is -0.370 e. The van der Waals surface area contributed by atoms with Crippen LogP contribution >= 0.6 is 0 Å². The first-order valence-corrected chi connectivity index (χ1v) is 4.79. The van der Waals surface area contributed by atoms with E-state index in [2.05, 4.69) is 5.32 Å². The second kappa shape index (κ2) is 6.16. The van der Waals surface area contributed by atoms with E-state index in [4.69, 9.17) is 10.5 Å². The maximum atomic E-state index is 11.1. The van der Waals surface area contributed by atoms with Gasteiger partial charge in [-0.3, -0.25) is 10.1 Å². The van der Waals surface area contributed by atoms with Gasteiger partial charge in [0.1, 0.15) is 0 Å². The van der Waals surface area contributed by atoms with E-state index in [1.54, 1.807) is 7.11 Å². The number of nitrogens with one attached hydrogen (secondary N) is 1. The predicted molar refractivity (Wildman–Crippen MR) is 58.1 cm³/mol. The molecule has 0 bridgehead atoms. The molecule has 0 radical (unpaired) electrons. The zero-order chi connectivity index (χ0) is 11.1. The zero-order valence-electron chi connectivity index (χ0n) is 8.77. The summed E-state index contributed by atoms with van der Waals surface area (Å²) in [4.78, 5) is 11.1. The summed E-state index contributed by atoms with van der Waals surface area (Å²) in [7, 11) is 1.56. The lowest BCUT2D eigenvalue weighted by Crippen LogP contribution is -2.43. The maximum Gasteiger partial charge on any atom is 0.234 e. The predicted octanol–water partition coefficient (Wildman–Crippen LogP) is 0.276. The van der Waals surface area contributed by atoms with Crippen molar-refractivity contribution < 1.29 is 9.53 Å². The first kappa shape index (κ1) is 11.7. The van der Waals surface area contributed by atoms with Gasteiger partial charge in [-0.1, -0.05) is 30.3 Å². The van der Waals surface area contributed by atoms with E-state index in [1.165, 1.54) is 0 Å². The van der Waals surface area contributed by atoms with Crippen LogP contribution in [0.15, 0.2) is 30.3 Å². The van der Waals surface area contributed by atoms with Crippen molar-refractivity contribution in [2.75, 3.05) is 13.8 Å². The molecule has 0 heterocycles. The third kappa shape index (κ3) is 4.10. The summed E-state index contributed by atoms with van der Waals surface area (Å²) in [6, 6.07) is 9.35. The van der Waals surface area contributed by atoms with E-state index in [-0.39, 0.29) is 11.9 Å². The molecule has 0 saturated carbocycles. The van der Waals surface area contributed by atoms with Gasteiger partial charge in [-0.2, -0.15) is 0 Å². The number of rotatable bonds is 6. The highest BCUT2D eigenvalue weighted by Gasteiger charge is 2.14. The van der Waals surface area contributed by atoms with E-state index in [1.807, 2.05) is 30.3 Å². The molecule has 0 fully saturated rings. The molecule has 1 rings (SSSR count). The van der Waals surface area contributed by atoms with Gasteiger partial charge in [-0.25, -0.2) is 0 Å². The Morgan fingerprint density at radius 2 is 2.13 bits per heavy atom. The fraction of sp³-hybridized carbons (Fsp3) is 0.364. The Morgan fingerprint density at radius 3 is 2.67 bits per heavy atom. The van der Waals surface area contributed by atoms with Crippen LogP contribution in [0.1, 0.15) is 5.56 Å². The van der Waals surface area contributed by atoms with E-state index >= 15 is 0 Å². The molecule has 0 unspecified atom stereocenters. The molecule has 0 saturated heterocycles. The number of methoxy groups -OCH3 is 1. The van der Waals surface area contributed by atoms with Crippen LogP contribution < -0.4 is 11.1 Å². The van der Waals surface area contributed by atoms with Crippen molar-refractivity contribution in [1.29, 1.82) is 0 Å². The summed E-state index contributed by atoms with van der Waals surface area (Å²) in [6.07, 6.45) is 0.583. The van der Waals surface area contributed by atoms with Crippen molar-refractivity contribution in [2.45, 2.75) is 12.5 Å². The first-order valence-electron chi connectivity index (χ1n) is 4.79. The highest BCUT2D eigenvalue weighted by atomic mass is 16.5. The molecule has 4 nitrogen and oxygen atoms in total. The van der Waals surface area contributed by atoms with Crippen molar-refractivity contribution in [2.24, 2.45) is 5.73 Å². The Hall–Kier alpha value is -1.39. The minimum absolute atomic E-state index is 0.320. The minimum atomic E-state index is -0.382. The number of carbonyl (C=O) groups excluding carboxylic acids is 1. The number of amides is 1. The third-order valence-corrected chi connectivity index (χ3v) is 2.10. The molecule has 0 aliphatic carbocycles. The number of ether oxygens (including phenoxy) is 1. The van der Waals surface area contributed by atoms with E-state index in [0.29, 0.717) is 13.2 Å². The van der Waals surface area contributed by atoms with Crippen LogP contribution in [0.2, 0.25) is 0 Å². The lowest BCUT2D eigenvalue weighted by atomic mass is 10.1. The Kier molecular flexibility index (Phi) is 4.80. The van der Waals surface area contributed by atoms with Gasteiger partial charge in [0.15, 0.2) is 0 Å². The molecule has 4 heteroatoms. The number of hydrogen-bond acceptors (Lipinski definition) is 3. The van der Waals surface area contributed by atoms with Gasteiger partial charge < -0.3 is 10.5 Å². The number of carbonyl (C=O) groups is 1. The molecule has 3 N–H and O–H groups in total. The second-order valence-corrected chi connectivity index (χ2v) is 3.28. The molecule has 0 aliphatic heterocycles. The van der Waals surface area contributed by atoms with E-state index in [9.17, 15) is 4.79 Å². The Morgan fingerprint density at radius 1 is 1.47 bits per heavy atom. The van der Waals surface area contributed by atoms with Crippen LogP contribution in [0, 0.1) is 0 Å². The zero-order valence-corrected chi connectivity index (χ0v) is 8.77. The molecule has 0 aliphatic rings. The van der Waals surface area contributed by atoms with Gasteiger partial charge in [0.05, 0.1) is 12.8 Å². The molecule has 0 spiro atoms. The molecule has 15 heavy (non-hydrogen) atoms. The average Bonchev–Trinajstić information content (AvgIpc) is 2.25. The molecule has 0 aromatic heterocycles. The molecule has 1 amide bonds. The van der Waals surface area contributed by atoms with Crippen LogP contribution in [-0.4, -0.2) is 25.8 Å². The van der Waals surface area contributed by atoms with Gasteiger partial charge >= 0.3 is 0 Å². The van der Waals surface area contributed by atoms with Crippen LogP contribution in [0.25, 0.3) is 0 Å². The van der Waals surface area contributed by atoms with Crippen molar-refractivity contribution in [3.8, 4) is 0 Å². The molecule has 1 atom stereocenters. The van der Waals surface area contributed by atoms with Crippen LogP contribution in [0.5, 0.6) is 0 Å². The number of primary amides is 1. The largest absolute Gasteiger partial charge is 0.370 e. The monoisotopic (exact) mass is 208 g/mol. The smallest absolute Gasteiger partial charge is 0.234 e. The second-order valence-electron chi connectivity index (χ2n) is 3.28. The molecule has 1 aromatic carbocycles. The summed E-state index contributed by atoms with van der Waals surface area (Å²) in [6.45, 7) is 0.320. The van der Waals surface area contributed by atoms with Crippen molar-refractivity contribution >= 4 is 5.91 Å². The molecule has 1 aromatic rings. The fourth-order valence-electron chi connectivity index (χ4n) is 1.31. The van der Waals surface area contributed by atoms with Crippen molar-refractivity contribution in [3.63, 3.8) is 0 Å². The first-order chi connectivity index (χ1) is 7.24. The van der Waals surface area contributed by atoms with Crippen LogP contribution in [0.3, 0.4) is 0 Å². The summed E-state index contributed by atoms with van der Waals surface area (Å²) in [5, 5.41) is 2.92.